The van der Waals surface area contributed by atoms with E-state index in [2.05, 4.69) is 25.9 Å². The Morgan fingerprint density at radius 3 is 3.00 bits per heavy atom. The van der Waals surface area contributed by atoms with Crippen LogP contribution in [0, 0.1) is 17.1 Å². The van der Waals surface area contributed by atoms with Crippen LogP contribution in [0.3, 0.4) is 0 Å². The first kappa shape index (κ1) is 12.6. The van der Waals surface area contributed by atoms with Crippen molar-refractivity contribution in [2.24, 2.45) is 0 Å². The van der Waals surface area contributed by atoms with E-state index in [-0.39, 0.29) is 17.2 Å². The van der Waals surface area contributed by atoms with Gasteiger partial charge >= 0.3 is 0 Å². The van der Waals surface area contributed by atoms with Crippen LogP contribution >= 0.6 is 15.9 Å². The molecule has 0 saturated heterocycles. The molecule has 3 aromatic rings. The van der Waals surface area contributed by atoms with Gasteiger partial charge < -0.3 is 4.74 Å². The molecular formula is C13H6BrFN4O. The molecule has 5 nitrogen and oxygen atoms in total. The molecular weight excluding hydrogens is 327 g/mol. The average molecular weight is 333 g/mol. The lowest BCUT2D eigenvalue weighted by Gasteiger charge is -2.07. The summed E-state index contributed by atoms with van der Waals surface area (Å²) < 4.78 is 21.5. The highest BCUT2D eigenvalue weighted by atomic mass is 79.9. The van der Waals surface area contributed by atoms with Gasteiger partial charge in [-0.05, 0) is 34.1 Å². The van der Waals surface area contributed by atoms with Gasteiger partial charge in [0.25, 0.3) is 5.88 Å². The van der Waals surface area contributed by atoms with Gasteiger partial charge in [0.2, 0.25) is 5.65 Å². The molecule has 0 aliphatic heterocycles. The normalized spacial score (nSPS) is 10.4. The molecule has 0 bridgehead atoms. The minimum Gasteiger partial charge on any atom is -0.433 e. The van der Waals surface area contributed by atoms with Gasteiger partial charge in [0.05, 0.1) is 11.6 Å². The fourth-order valence-corrected chi connectivity index (χ4v) is 2.08. The van der Waals surface area contributed by atoms with Gasteiger partial charge in [0.15, 0.2) is 11.6 Å². The summed E-state index contributed by atoms with van der Waals surface area (Å²) >= 11 is 3.25. The van der Waals surface area contributed by atoms with Gasteiger partial charge in [-0.3, -0.25) is 4.40 Å². The van der Waals surface area contributed by atoms with Crippen LogP contribution in [0.15, 0.2) is 41.4 Å². The summed E-state index contributed by atoms with van der Waals surface area (Å²) in [4.78, 5) is 8.23. The first-order chi connectivity index (χ1) is 9.67. The van der Waals surface area contributed by atoms with E-state index in [9.17, 15) is 4.39 Å². The van der Waals surface area contributed by atoms with Gasteiger partial charge in [0, 0.05) is 18.6 Å². The second-order valence-corrected chi connectivity index (χ2v) is 4.70. The zero-order valence-corrected chi connectivity index (χ0v) is 11.5. The van der Waals surface area contributed by atoms with Crippen molar-refractivity contribution >= 4 is 21.6 Å². The standard InChI is InChI=1S/C13H6BrFN4O/c14-11-7-19-4-3-17-12(19)13(18-11)20-10-2-1-8(6-16)5-9(10)15/h1-5,7H. The van der Waals surface area contributed by atoms with Crippen LogP contribution in [0.5, 0.6) is 11.6 Å². The van der Waals surface area contributed by atoms with E-state index in [1.165, 1.54) is 12.1 Å². The number of rotatable bonds is 2. The molecule has 1 aromatic carbocycles. The molecule has 0 aliphatic carbocycles. The summed E-state index contributed by atoms with van der Waals surface area (Å²) in [6.07, 6.45) is 5.03. The fourth-order valence-electron chi connectivity index (χ4n) is 1.70. The lowest BCUT2D eigenvalue weighted by atomic mass is 10.2. The van der Waals surface area contributed by atoms with E-state index in [4.69, 9.17) is 10.00 Å². The van der Waals surface area contributed by atoms with Crippen molar-refractivity contribution in [3.63, 3.8) is 0 Å². The highest BCUT2D eigenvalue weighted by Crippen LogP contribution is 2.27. The predicted octanol–water partition coefficient (Wildman–Crippen LogP) is 3.29. The molecule has 0 spiro atoms. The maximum Gasteiger partial charge on any atom is 0.265 e. The highest BCUT2D eigenvalue weighted by molar-refractivity contribution is 9.10. The fraction of sp³-hybridized carbons (Fsp3) is 0. The smallest absolute Gasteiger partial charge is 0.265 e. The lowest BCUT2D eigenvalue weighted by Crippen LogP contribution is -1.96. The van der Waals surface area contributed by atoms with Crippen molar-refractivity contribution in [2.75, 3.05) is 0 Å². The van der Waals surface area contributed by atoms with Gasteiger partial charge in [-0.15, -0.1) is 0 Å². The molecule has 7 heteroatoms. The molecule has 20 heavy (non-hydrogen) atoms. The summed E-state index contributed by atoms with van der Waals surface area (Å²) in [5.74, 6) is -0.469. The third-order valence-electron chi connectivity index (χ3n) is 2.58. The zero-order chi connectivity index (χ0) is 14.1. The van der Waals surface area contributed by atoms with Crippen LogP contribution in [0.25, 0.3) is 5.65 Å². The van der Waals surface area contributed by atoms with Gasteiger partial charge in [-0.1, -0.05) is 0 Å². The number of ether oxygens (including phenoxy) is 1. The topological polar surface area (TPSA) is 63.2 Å². The van der Waals surface area contributed by atoms with E-state index in [1.807, 2.05) is 6.07 Å². The van der Waals surface area contributed by atoms with Crippen LogP contribution in [0.4, 0.5) is 4.39 Å². The Bertz CT molecular complexity index is 840. The van der Waals surface area contributed by atoms with Gasteiger partial charge in [0.1, 0.15) is 4.60 Å². The van der Waals surface area contributed by atoms with E-state index in [0.29, 0.717) is 10.3 Å². The number of nitriles is 1. The quantitative estimate of drug-likeness (QED) is 0.722. The molecule has 0 fully saturated rings. The number of halogens is 2. The summed E-state index contributed by atoms with van der Waals surface area (Å²) in [7, 11) is 0. The predicted molar refractivity (Wildman–Crippen MR) is 71.9 cm³/mol. The minimum atomic E-state index is -0.629. The molecule has 0 unspecified atom stereocenters. The van der Waals surface area contributed by atoms with Crippen LogP contribution in [-0.4, -0.2) is 14.4 Å². The van der Waals surface area contributed by atoms with Crippen molar-refractivity contribution in [1.82, 2.24) is 14.4 Å². The Hall–Kier alpha value is -2.46. The van der Waals surface area contributed by atoms with Crippen molar-refractivity contribution in [1.29, 1.82) is 5.26 Å². The highest BCUT2D eigenvalue weighted by Gasteiger charge is 2.12. The van der Waals surface area contributed by atoms with Crippen LogP contribution in [0.1, 0.15) is 5.56 Å². The summed E-state index contributed by atoms with van der Waals surface area (Å²) in [5, 5.41) is 8.70. The Morgan fingerprint density at radius 1 is 1.40 bits per heavy atom. The van der Waals surface area contributed by atoms with E-state index in [0.717, 1.165) is 6.07 Å². The Labute approximate surface area is 121 Å². The molecule has 98 valence electrons. The maximum atomic E-state index is 13.8. The number of fused-ring (bicyclic) bond motifs is 1. The SMILES string of the molecule is N#Cc1ccc(Oc2nc(Br)cn3ccnc23)c(F)c1. The number of hydrogen-bond acceptors (Lipinski definition) is 4. The lowest BCUT2D eigenvalue weighted by molar-refractivity contribution is 0.428. The number of hydrogen-bond donors (Lipinski definition) is 0. The molecule has 2 heterocycles. The van der Waals surface area contributed by atoms with Crippen LogP contribution in [0.2, 0.25) is 0 Å². The summed E-state index contributed by atoms with van der Waals surface area (Å²) in [5.41, 5.74) is 0.694. The first-order valence-electron chi connectivity index (χ1n) is 5.54. The Kier molecular flexibility index (Phi) is 3.08. The zero-order valence-electron chi connectivity index (χ0n) is 9.92. The van der Waals surface area contributed by atoms with Crippen molar-refractivity contribution < 1.29 is 9.13 Å². The third kappa shape index (κ3) is 2.21. The first-order valence-corrected chi connectivity index (χ1v) is 6.33. The second kappa shape index (κ2) is 4.90. The molecule has 0 amide bonds. The van der Waals surface area contributed by atoms with E-state index < -0.39 is 5.82 Å². The summed E-state index contributed by atoms with van der Waals surface area (Å²) in [6, 6.07) is 5.82. The minimum absolute atomic E-state index is 0.0144. The molecule has 0 atom stereocenters. The Morgan fingerprint density at radius 2 is 2.25 bits per heavy atom. The average Bonchev–Trinajstić information content (AvgIpc) is 2.89. The van der Waals surface area contributed by atoms with Gasteiger partial charge in [-0.25, -0.2) is 14.4 Å². The van der Waals surface area contributed by atoms with Crippen LogP contribution < -0.4 is 4.74 Å². The number of nitrogens with zero attached hydrogens (tertiary/aromatic N) is 4. The number of aromatic nitrogens is 3. The van der Waals surface area contributed by atoms with Crippen molar-refractivity contribution in [3.8, 4) is 17.7 Å². The van der Waals surface area contributed by atoms with Gasteiger partial charge in [-0.2, -0.15) is 5.26 Å². The van der Waals surface area contributed by atoms with Crippen molar-refractivity contribution in [2.45, 2.75) is 0 Å². The molecule has 0 radical (unpaired) electrons. The Balaban J connectivity index is 2.05. The van der Waals surface area contributed by atoms with E-state index in [1.54, 1.807) is 23.0 Å². The third-order valence-corrected chi connectivity index (χ3v) is 2.96. The number of benzene rings is 1. The number of imidazole rings is 1. The second-order valence-electron chi connectivity index (χ2n) is 3.89. The van der Waals surface area contributed by atoms with E-state index >= 15 is 0 Å². The summed E-state index contributed by atoms with van der Waals surface area (Å²) in [6.45, 7) is 0. The molecule has 0 N–H and O–H groups in total. The van der Waals surface area contributed by atoms with Crippen molar-refractivity contribution in [3.05, 3.63) is 52.8 Å². The largest absolute Gasteiger partial charge is 0.433 e. The molecule has 0 aliphatic rings. The molecule has 2 aromatic heterocycles. The maximum absolute atomic E-state index is 13.8. The van der Waals surface area contributed by atoms with Crippen LogP contribution in [-0.2, 0) is 0 Å². The molecule has 3 rings (SSSR count). The monoisotopic (exact) mass is 332 g/mol. The molecule has 0 saturated carbocycles.